The summed E-state index contributed by atoms with van der Waals surface area (Å²) in [6.07, 6.45) is 0. The molecule has 0 spiro atoms. The van der Waals surface area contributed by atoms with Crippen LogP contribution in [0.25, 0.3) is 0 Å². The Hall–Kier alpha value is -0.140. The summed E-state index contributed by atoms with van der Waals surface area (Å²) in [5.41, 5.74) is 0. The molecule has 0 saturated heterocycles. The minimum Gasteiger partial charge on any atom is -0.550 e. The van der Waals surface area contributed by atoms with Crippen LogP contribution >= 0.6 is 9.90 Å². The highest BCUT2D eigenvalue weighted by Gasteiger charge is 1.46. The fourth-order valence-corrected chi connectivity index (χ4v) is 0. The molecule has 0 amide bonds. The third-order valence-corrected chi connectivity index (χ3v) is 0. The first-order valence-corrected chi connectivity index (χ1v) is 0.908. The van der Waals surface area contributed by atoms with Crippen molar-refractivity contribution in [3.63, 3.8) is 0 Å². The van der Waals surface area contributed by atoms with Gasteiger partial charge in [0.25, 0.3) is 0 Å². The Kier molecular flexibility index (Phi) is 25.0. The topological polar surface area (TPSA) is 76.6 Å². The molecule has 0 aliphatic heterocycles. The van der Waals surface area contributed by atoms with Gasteiger partial charge < -0.3 is 16.1 Å². The van der Waals surface area contributed by atoms with E-state index in [4.69, 9.17) is 9.90 Å². The van der Waals surface area contributed by atoms with Crippen LogP contribution in [0.2, 0.25) is 0 Å². The summed E-state index contributed by atoms with van der Waals surface area (Å²) in [7, 11) is 0. The molecule has 0 aliphatic rings. The van der Waals surface area contributed by atoms with Gasteiger partial charge in [-0.1, -0.05) is 0 Å². The molecule has 1 atom stereocenters. The summed E-state index contributed by atoms with van der Waals surface area (Å²) >= 11 is 0. The van der Waals surface area contributed by atoms with E-state index in [0.29, 0.717) is 0 Å². The maximum absolute atomic E-state index is 8.89. The zero-order valence-corrected chi connectivity index (χ0v) is 5.44. The van der Waals surface area contributed by atoms with Gasteiger partial charge in [-0.25, -0.2) is 0 Å². The second-order valence-electron chi connectivity index (χ2n) is 0.492. The number of carbonyl (C=O) groups excluding carboxylic acids is 1. The molecule has 0 aromatic carbocycles. The smallest absolute Gasteiger partial charge is 0.0383 e. The molecular formula is C2H10NO2P. The number of aliphatic carboxylic acids is 1. The standard InChI is InChI=1S/C2H4O2.H3N.H3P/c1-2(3)4;;/h1H3,(H,3,4);2*1H3. The van der Waals surface area contributed by atoms with E-state index in [1.54, 1.807) is 0 Å². The van der Waals surface area contributed by atoms with Crippen molar-refractivity contribution in [1.82, 2.24) is 6.15 Å². The summed E-state index contributed by atoms with van der Waals surface area (Å²) in [5, 5.41) is 8.89. The lowest BCUT2D eigenvalue weighted by Gasteiger charge is -1.77. The summed E-state index contributed by atoms with van der Waals surface area (Å²) in [6.45, 7) is 0.972. The van der Waals surface area contributed by atoms with Crippen molar-refractivity contribution < 1.29 is 9.90 Å². The van der Waals surface area contributed by atoms with Gasteiger partial charge in [0.1, 0.15) is 0 Å². The number of hydrogen-bond acceptors (Lipinski definition) is 2. The van der Waals surface area contributed by atoms with Crippen LogP contribution in [0.1, 0.15) is 6.92 Å². The molecule has 0 radical (unpaired) electrons. The molecule has 0 rings (SSSR count). The van der Waals surface area contributed by atoms with Gasteiger partial charge in [0.15, 0.2) is 0 Å². The maximum Gasteiger partial charge on any atom is 0.0383 e. The highest BCUT2D eigenvalue weighted by Crippen LogP contribution is 1.31. The van der Waals surface area contributed by atoms with Gasteiger partial charge in [0.2, 0.25) is 0 Å². The molecule has 0 aliphatic carbocycles. The van der Waals surface area contributed by atoms with Crippen molar-refractivity contribution in [2.24, 2.45) is 0 Å². The summed E-state index contributed by atoms with van der Waals surface area (Å²) in [4.78, 5) is 8.89. The SMILES string of the molecule is CC(=O)[O-].P.[NH4+]. The average molecular weight is 111 g/mol. The third-order valence-electron chi connectivity index (χ3n) is 0. The molecule has 4 heteroatoms. The first-order chi connectivity index (χ1) is 1.73. The second-order valence-corrected chi connectivity index (χ2v) is 0.492. The number of carbonyl (C=O) groups is 1. The largest absolute Gasteiger partial charge is 0.550 e. The Bertz CT molecular complexity index is 34.5. The number of carboxylic acid groups (broad SMARTS) is 1. The highest BCUT2D eigenvalue weighted by molar-refractivity contribution is 6.92. The quantitative estimate of drug-likeness (QED) is 0.415. The zero-order valence-electron chi connectivity index (χ0n) is 4.02. The molecule has 3 nitrogen and oxygen atoms in total. The Morgan fingerprint density at radius 1 is 1.67 bits per heavy atom. The molecule has 0 heterocycles. The van der Waals surface area contributed by atoms with Gasteiger partial charge in [0, 0.05) is 5.97 Å². The van der Waals surface area contributed by atoms with E-state index in [1.807, 2.05) is 0 Å². The van der Waals surface area contributed by atoms with Crippen LogP contribution in [0.5, 0.6) is 0 Å². The van der Waals surface area contributed by atoms with Crippen LogP contribution < -0.4 is 11.3 Å². The van der Waals surface area contributed by atoms with E-state index in [-0.39, 0.29) is 16.0 Å². The summed E-state index contributed by atoms with van der Waals surface area (Å²) in [5.74, 6) is -1.08. The lowest BCUT2D eigenvalue weighted by molar-refractivity contribution is -0.302. The van der Waals surface area contributed by atoms with Crippen molar-refractivity contribution in [1.29, 1.82) is 0 Å². The molecule has 4 N–H and O–H groups in total. The predicted octanol–water partition coefficient (Wildman–Crippen LogP) is -0.810. The Morgan fingerprint density at radius 2 is 1.67 bits per heavy atom. The maximum atomic E-state index is 8.89. The molecule has 0 bridgehead atoms. The lowest BCUT2D eigenvalue weighted by Crippen LogP contribution is -2.16. The van der Waals surface area contributed by atoms with Gasteiger partial charge in [-0.05, 0) is 6.92 Å². The van der Waals surface area contributed by atoms with Crippen molar-refractivity contribution in [3.8, 4) is 0 Å². The summed E-state index contributed by atoms with van der Waals surface area (Å²) < 4.78 is 0. The number of rotatable bonds is 0. The molecule has 40 valence electrons. The van der Waals surface area contributed by atoms with Gasteiger partial charge in [-0.2, -0.15) is 9.90 Å². The van der Waals surface area contributed by atoms with Crippen molar-refractivity contribution in [2.75, 3.05) is 0 Å². The van der Waals surface area contributed by atoms with E-state index in [2.05, 4.69) is 0 Å². The average Bonchev–Trinajstić information content (AvgIpc) is 0.811. The van der Waals surface area contributed by atoms with Crippen molar-refractivity contribution in [3.05, 3.63) is 0 Å². The number of carboxylic acids is 1. The number of quaternary nitrogens is 1. The number of hydrogen-bond donors (Lipinski definition) is 1. The minimum absolute atomic E-state index is 0. The predicted molar refractivity (Wildman–Crippen MR) is 27.8 cm³/mol. The van der Waals surface area contributed by atoms with Gasteiger partial charge in [-0.3, -0.25) is 0 Å². The molecular weight excluding hydrogens is 101 g/mol. The van der Waals surface area contributed by atoms with Crippen LogP contribution in [0.3, 0.4) is 0 Å². The first kappa shape index (κ1) is 16.9. The second kappa shape index (κ2) is 8.85. The normalized spacial score (nSPS) is 4.17. The van der Waals surface area contributed by atoms with E-state index < -0.39 is 5.97 Å². The van der Waals surface area contributed by atoms with Crippen LogP contribution in [-0.4, -0.2) is 5.97 Å². The monoisotopic (exact) mass is 111 g/mol. The van der Waals surface area contributed by atoms with Crippen molar-refractivity contribution >= 4 is 15.9 Å². The molecule has 0 aromatic heterocycles. The van der Waals surface area contributed by atoms with E-state index in [9.17, 15) is 0 Å². The fraction of sp³-hybridized carbons (Fsp3) is 0.500. The molecule has 0 saturated carbocycles. The first-order valence-electron chi connectivity index (χ1n) is 0.908. The summed E-state index contributed by atoms with van der Waals surface area (Å²) in [6, 6.07) is 0. The van der Waals surface area contributed by atoms with Gasteiger partial charge >= 0.3 is 0 Å². The Morgan fingerprint density at radius 3 is 1.67 bits per heavy atom. The van der Waals surface area contributed by atoms with E-state index >= 15 is 0 Å². The van der Waals surface area contributed by atoms with Gasteiger partial charge in [-0.15, -0.1) is 0 Å². The molecule has 6 heavy (non-hydrogen) atoms. The third kappa shape index (κ3) is 1610. The van der Waals surface area contributed by atoms with E-state index in [0.717, 1.165) is 6.92 Å². The zero-order chi connectivity index (χ0) is 3.58. The molecule has 0 aromatic rings. The van der Waals surface area contributed by atoms with E-state index in [1.165, 1.54) is 0 Å². The molecule has 0 fully saturated rings. The Balaban J connectivity index is -0.0000000450. The molecule has 1 unspecified atom stereocenters. The van der Waals surface area contributed by atoms with Crippen LogP contribution in [0.4, 0.5) is 0 Å². The Labute approximate surface area is 39.9 Å². The van der Waals surface area contributed by atoms with Crippen molar-refractivity contribution in [2.45, 2.75) is 6.92 Å². The van der Waals surface area contributed by atoms with Crippen LogP contribution in [0, 0.1) is 0 Å². The van der Waals surface area contributed by atoms with Crippen LogP contribution in [-0.2, 0) is 4.79 Å². The highest BCUT2D eigenvalue weighted by atomic mass is 31.0. The van der Waals surface area contributed by atoms with Crippen LogP contribution in [0.15, 0.2) is 0 Å². The van der Waals surface area contributed by atoms with Gasteiger partial charge in [0.05, 0.1) is 0 Å². The minimum atomic E-state index is -1.08. The lowest BCUT2D eigenvalue weighted by atomic mass is 10.9. The fourth-order valence-electron chi connectivity index (χ4n) is 0.